The van der Waals surface area contributed by atoms with Gasteiger partial charge in [-0.05, 0) is 119 Å². The van der Waals surface area contributed by atoms with E-state index in [1.807, 2.05) is 24.3 Å². The van der Waals surface area contributed by atoms with Crippen molar-refractivity contribution in [3.05, 3.63) is 232 Å². The number of aldehydes is 1. The molecule has 0 fully saturated rings. The molecule has 0 atom stereocenters. The highest BCUT2D eigenvalue weighted by molar-refractivity contribution is 5.93. The van der Waals surface area contributed by atoms with E-state index in [1.54, 1.807) is 0 Å². The molecular formula is C49H39NO. The summed E-state index contributed by atoms with van der Waals surface area (Å²) in [6.45, 7) is 4.23. The molecule has 0 aliphatic heterocycles. The molecule has 0 aliphatic carbocycles. The van der Waals surface area contributed by atoms with Gasteiger partial charge in [-0.25, -0.2) is 0 Å². The van der Waals surface area contributed by atoms with Crippen molar-refractivity contribution in [2.45, 2.75) is 13.8 Å². The number of nitrogens with zero attached hydrogens (tertiary/aromatic N) is 1. The summed E-state index contributed by atoms with van der Waals surface area (Å²) in [5, 5.41) is 0. The summed E-state index contributed by atoms with van der Waals surface area (Å²) in [7, 11) is 0. The molecule has 7 aromatic carbocycles. The van der Waals surface area contributed by atoms with Crippen molar-refractivity contribution in [1.29, 1.82) is 0 Å². The molecule has 0 heterocycles. The molecular weight excluding hydrogens is 619 g/mol. The summed E-state index contributed by atoms with van der Waals surface area (Å²) < 4.78 is 0. The van der Waals surface area contributed by atoms with E-state index in [1.165, 1.54) is 44.5 Å². The molecule has 0 saturated heterocycles. The van der Waals surface area contributed by atoms with E-state index in [-0.39, 0.29) is 0 Å². The Kier molecular flexibility index (Phi) is 9.94. The van der Waals surface area contributed by atoms with Crippen LogP contribution >= 0.6 is 0 Å². The summed E-state index contributed by atoms with van der Waals surface area (Å²) in [5.41, 5.74) is 15.4. The number of anilines is 3. The average Bonchev–Trinajstić information content (AvgIpc) is 3.19. The first-order valence-electron chi connectivity index (χ1n) is 17.3. The second kappa shape index (κ2) is 15.4. The Bertz CT molecular complexity index is 2120. The number of benzene rings is 7. The van der Waals surface area contributed by atoms with Crippen LogP contribution in [0.2, 0.25) is 0 Å². The van der Waals surface area contributed by atoms with Crippen molar-refractivity contribution in [2.75, 3.05) is 4.90 Å². The number of aryl methyl sites for hydroxylation is 2. The molecule has 0 amide bonds. The Hall–Kier alpha value is -6.51. The maximum Gasteiger partial charge on any atom is 0.150 e. The Labute approximate surface area is 301 Å². The lowest BCUT2D eigenvalue weighted by molar-refractivity contribution is 0.112. The Morgan fingerprint density at radius 3 is 1.02 bits per heavy atom. The first kappa shape index (κ1) is 33.0. The molecule has 0 saturated carbocycles. The van der Waals surface area contributed by atoms with Crippen molar-refractivity contribution in [1.82, 2.24) is 0 Å². The molecule has 51 heavy (non-hydrogen) atoms. The van der Waals surface area contributed by atoms with Gasteiger partial charge in [-0.1, -0.05) is 145 Å². The van der Waals surface area contributed by atoms with Gasteiger partial charge in [-0.15, -0.1) is 0 Å². The largest absolute Gasteiger partial charge is 0.311 e. The SMILES string of the molecule is Cc1ccc(C(=Cc2ccc(N(c3ccc(C=O)cc3)c3ccc(C=C(c4ccccc4)c4ccc(C)cc4)cc3)cc2)c2ccccc2)cc1. The monoisotopic (exact) mass is 657 g/mol. The fraction of sp³-hybridized carbons (Fsp3) is 0.0408. The summed E-state index contributed by atoms with van der Waals surface area (Å²) in [6, 6.07) is 63.6. The molecule has 0 radical (unpaired) electrons. The number of rotatable bonds is 10. The highest BCUT2D eigenvalue weighted by Gasteiger charge is 2.14. The molecule has 2 nitrogen and oxygen atoms in total. The second-order valence-corrected chi connectivity index (χ2v) is 12.8. The van der Waals surface area contributed by atoms with E-state index in [4.69, 9.17) is 0 Å². The number of carbonyl (C=O) groups is 1. The maximum absolute atomic E-state index is 11.5. The van der Waals surface area contributed by atoms with E-state index in [0.29, 0.717) is 5.56 Å². The van der Waals surface area contributed by atoms with Crippen molar-refractivity contribution >= 4 is 46.6 Å². The van der Waals surface area contributed by atoms with Crippen LogP contribution in [-0.2, 0) is 0 Å². The first-order valence-corrected chi connectivity index (χ1v) is 17.3. The van der Waals surface area contributed by atoms with Crippen LogP contribution in [0, 0.1) is 13.8 Å². The summed E-state index contributed by atoms with van der Waals surface area (Å²) in [5.74, 6) is 0. The molecule has 0 N–H and O–H groups in total. The highest BCUT2D eigenvalue weighted by atomic mass is 16.1. The minimum atomic E-state index is 0.647. The smallest absolute Gasteiger partial charge is 0.150 e. The topological polar surface area (TPSA) is 20.3 Å². The normalized spacial score (nSPS) is 11.6. The van der Waals surface area contributed by atoms with Crippen LogP contribution in [0.5, 0.6) is 0 Å². The lowest BCUT2D eigenvalue weighted by Gasteiger charge is -2.26. The minimum Gasteiger partial charge on any atom is -0.311 e. The number of carbonyl (C=O) groups excluding carboxylic acids is 1. The molecule has 0 unspecified atom stereocenters. The zero-order chi connectivity index (χ0) is 35.0. The van der Waals surface area contributed by atoms with Gasteiger partial charge in [0.25, 0.3) is 0 Å². The predicted octanol–water partition coefficient (Wildman–Crippen LogP) is 12.8. The van der Waals surface area contributed by atoms with Crippen LogP contribution in [0.3, 0.4) is 0 Å². The van der Waals surface area contributed by atoms with Crippen molar-refractivity contribution in [3.8, 4) is 0 Å². The van der Waals surface area contributed by atoms with Crippen molar-refractivity contribution < 1.29 is 4.79 Å². The zero-order valence-electron chi connectivity index (χ0n) is 28.9. The van der Waals surface area contributed by atoms with Gasteiger partial charge in [-0.3, -0.25) is 4.79 Å². The van der Waals surface area contributed by atoms with E-state index in [9.17, 15) is 4.79 Å². The third-order valence-corrected chi connectivity index (χ3v) is 9.11. The van der Waals surface area contributed by atoms with Crippen LogP contribution in [0.25, 0.3) is 23.3 Å². The molecule has 2 heteroatoms. The second-order valence-electron chi connectivity index (χ2n) is 12.8. The lowest BCUT2D eigenvalue weighted by Crippen LogP contribution is -2.10. The van der Waals surface area contributed by atoms with Crippen molar-refractivity contribution in [2.24, 2.45) is 0 Å². The first-order chi connectivity index (χ1) is 25.0. The molecule has 7 aromatic rings. The van der Waals surface area contributed by atoms with Gasteiger partial charge < -0.3 is 4.90 Å². The molecule has 246 valence electrons. The van der Waals surface area contributed by atoms with Crippen LogP contribution in [0.15, 0.2) is 182 Å². The fourth-order valence-corrected chi connectivity index (χ4v) is 6.29. The lowest BCUT2D eigenvalue weighted by atomic mass is 9.95. The third-order valence-electron chi connectivity index (χ3n) is 9.11. The standard InChI is InChI=1S/C49H39NO/c1-36-13-23-43(24-14-36)48(41-9-5-3-6-10-41)33-38-17-27-45(28-18-38)50(47-31-21-40(35-51)22-32-47)46-29-19-39(20-30-46)34-49(42-11-7-4-8-12-42)44-25-15-37(2)16-26-44/h3-35H,1-2H3. The molecule has 0 aromatic heterocycles. The van der Waals surface area contributed by atoms with E-state index >= 15 is 0 Å². The van der Waals surface area contributed by atoms with Gasteiger partial charge in [0, 0.05) is 22.6 Å². The highest BCUT2D eigenvalue weighted by Crippen LogP contribution is 2.36. The quantitative estimate of drug-likeness (QED) is 0.108. The predicted molar refractivity (Wildman–Crippen MR) is 216 cm³/mol. The molecule has 7 rings (SSSR count). The zero-order valence-corrected chi connectivity index (χ0v) is 28.9. The van der Waals surface area contributed by atoms with Crippen LogP contribution in [0.4, 0.5) is 17.1 Å². The van der Waals surface area contributed by atoms with Gasteiger partial charge in [0.2, 0.25) is 0 Å². The maximum atomic E-state index is 11.5. The number of hydrogen-bond acceptors (Lipinski definition) is 2. The number of hydrogen-bond donors (Lipinski definition) is 0. The van der Waals surface area contributed by atoms with E-state index in [2.05, 4.69) is 189 Å². The van der Waals surface area contributed by atoms with E-state index < -0.39 is 0 Å². The summed E-state index contributed by atoms with van der Waals surface area (Å²) >= 11 is 0. The fourth-order valence-electron chi connectivity index (χ4n) is 6.29. The van der Waals surface area contributed by atoms with Gasteiger partial charge in [0.15, 0.2) is 0 Å². The summed E-state index contributed by atoms with van der Waals surface area (Å²) in [4.78, 5) is 13.7. The molecule has 0 spiro atoms. The van der Waals surface area contributed by atoms with Crippen molar-refractivity contribution in [3.63, 3.8) is 0 Å². The average molecular weight is 658 g/mol. The third kappa shape index (κ3) is 7.88. The van der Waals surface area contributed by atoms with Gasteiger partial charge in [0.05, 0.1) is 0 Å². The Morgan fingerprint density at radius 2 is 0.686 bits per heavy atom. The molecule has 0 bridgehead atoms. The Balaban J connectivity index is 1.25. The molecule has 0 aliphatic rings. The van der Waals surface area contributed by atoms with Crippen LogP contribution in [0.1, 0.15) is 54.9 Å². The van der Waals surface area contributed by atoms with Crippen LogP contribution < -0.4 is 4.90 Å². The summed E-state index contributed by atoms with van der Waals surface area (Å²) in [6.07, 6.45) is 5.39. The van der Waals surface area contributed by atoms with Crippen LogP contribution in [-0.4, -0.2) is 6.29 Å². The van der Waals surface area contributed by atoms with Gasteiger partial charge in [0.1, 0.15) is 6.29 Å². The van der Waals surface area contributed by atoms with E-state index in [0.717, 1.165) is 34.5 Å². The van der Waals surface area contributed by atoms with Gasteiger partial charge in [-0.2, -0.15) is 0 Å². The van der Waals surface area contributed by atoms with Gasteiger partial charge >= 0.3 is 0 Å². The minimum absolute atomic E-state index is 0.647. The Morgan fingerprint density at radius 1 is 0.373 bits per heavy atom.